The molecule has 197 valence electrons. The summed E-state index contributed by atoms with van der Waals surface area (Å²) in [6, 6.07) is 2.58. The van der Waals surface area contributed by atoms with Crippen molar-refractivity contribution in [2.24, 2.45) is 0 Å². The van der Waals surface area contributed by atoms with Gasteiger partial charge in [-0.2, -0.15) is 0 Å². The molecule has 0 saturated carbocycles. The second-order valence-corrected chi connectivity index (χ2v) is 20.3. The Labute approximate surface area is 311 Å². The van der Waals surface area contributed by atoms with Crippen molar-refractivity contribution in [1.29, 1.82) is 0 Å². The van der Waals surface area contributed by atoms with Gasteiger partial charge in [0.2, 0.25) is 0 Å². The van der Waals surface area contributed by atoms with E-state index in [2.05, 4.69) is 10.2 Å². The third-order valence-corrected chi connectivity index (χ3v) is 13.1. The van der Waals surface area contributed by atoms with Crippen LogP contribution in [0.25, 0.3) is 0 Å². The molecule has 4 N–H and O–H groups in total. The molecule has 0 spiro atoms. The van der Waals surface area contributed by atoms with Gasteiger partial charge in [0.05, 0.1) is 33.2 Å². The molecular formula is C13H31N2Na4O12P4Si2. The fourth-order valence-electron chi connectivity index (χ4n) is 3.52. The van der Waals surface area contributed by atoms with Crippen LogP contribution >= 0.6 is 30.4 Å². The van der Waals surface area contributed by atoms with Crippen molar-refractivity contribution in [1.82, 2.24) is 9.80 Å². The smallest absolute Gasteiger partial charge is 0.778 e. The minimum absolute atomic E-state index is 0. The van der Waals surface area contributed by atoms with Gasteiger partial charge in [0.25, 0.3) is 0 Å². The van der Waals surface area contributed by atoms with E-state index in [-0.39, 0.29) is 131 Å². The summed E-state index contributed by atoms with van der Waals surface area (Å²) >= 11 is 0. The van der Waals surface area contributed by atoms with E-state index in [9.17, 15) is 37.8 Å². The first-order chi connectivity index (χ1) is 14.6. The van der Waals surface area contributed by atoms with E-state index < -0.39 is 63.6 Å². The summed E-state index contributed by atoms with van der Waals surface area (Å²) in [5, 5.41) is 0. The number of hydrogen-bond acceptors (Lipinski definition) is 10. The zero-order valence-electron chi connectivity index (χ0n) is 22.2. The van der Waals surface area contributed by atoms with Crippen molar-refractivity contribution in [3.63, 3.8) is 0 Å². The molecule has 0 aliphatic heterocycles. The Balaban J connectivity index is -0.000000853. The molecule has 14 nitrogen and oxygen atoms in total. The van der Waals surface area contributed by atoms with Crippen LogP contribution in [0.2, 0.25) is 30.7 Å². The Morgan fingerprint density at radius 2 is 0.865 bits per heavy atom. The zero-order chi connectivity index (χ0) is 26.1. The largest absolute Gasteiger partial charge is 1.00 e. The Morgan fingerprint density at radius 1 is 0.622 bits per heavy atom. The predicted molar refractivity (Wildman–Crippen MR) is 118 cm³/mol. The Kier molecular flexibility index (Phi) is 32.5. The van der Waals surface area contributed by atoms with Crippen molar-refractivity contribution >= 4 is 48.7 Å². The van der Waals surface area contributed by atoms with Crippen molar-refractivity contribution in [3.8, 4) is 0 Å². The molecule has 0 aliphatic rings. The summed E-state index contributed by atoms with van der Waals surface area (Å²) in [6.45, 7) is 1.97. The van der Waals surface area contributed by atoms with E-state index in [0.29, 0.717) is 31.0 Å². The van der Waals surface area contributed by atoms with Gasteiger partial charge in [-0.3, -0.25) is 9.80 Å². The van der Waals surface area contributed by atoms with E-state index in [1.54, 1.807) is 0 Å². The average Bonchev–Trinajstić information content (AvgIpc) is 2.48. The van der Waals surface area contributed by atoms with Crippen molar-refractivity contribution in [2.75, 3.05) is 38.2 Å². The van der Waals surface area contributed by atoms with Gasteiger partial charge in [-0.1, -0.05) is 30.7 Å². The van der Waals surface area contributed by atoms with Crippen LogP contribution in [-0.4, -0.2) is 85.9 Å². The van der Waals surface area contributed by atoms with Gasteiger partial charge in [-0.15, -0.1) is 0 Å². The number of rotatable bonds is 18. The topological polar surface area (TPSA) is 248 Å². The van der Waals surface area contributed by atoms with Gasteiger partial charge in [0, 0.05) is 10.2 Å². The molecule has 24 heteroatoms. The summed E-state index contributed by atoms with van der Waals surface area (Å²) in [7, 11) is -17.9. The SMILES string of the molecule is C[Si](CC[Si])(CCCN(CP(=O)([O-])O)CP(=O)([O-])O)CCCN(CP(=O)([O-])O)CP(=O)([O-])O.[Na+].[Na+].[Na+].[Na+]. The van der Waals surface area contributed by atoms with E-state index in [1.165, 1.54) is 0 Å². The van der Waals surface area contributed by atoms with Crippen LogP contribution in [-0.2, 0) is 18.3 Å². The summed E-state index contributed by atoms with van der Waals surface area (Å²) < 4.78 is 44.6. The number of hydrogen-bond donors (Lipinski definition) is 4. The van der Waals surface area contributed by atoms with Crippen LogP contribution < -0.4 is 138 Å². The van der Waals surface area contributed by atoms with Gasteiger partial charge >= 0.3 is 118 Å². The maximum absolute atomic E-state index is 11.1. The first kappa shape index (κ1) is 51.5. The molecule has 0 amide bonds. The van der Waals surface area contributed by atoms with Gasteiger partial charge in [0.1, 0.15) is 30.4 Å². The molecule has 4 atom stereocenters. The number of nitrogens with zero attached hydrogens (tertiary/aromatic N) is 2. The zero-order valence-corrected chi connectivity index (χ0v) is 35.8. The fraction of sp³-hybridized carbons (Fsp3) is 1.00. The van der Waals surface area contributed by atoms with Crippen LogP contribution in [0.1, 0.15) is 12.8 Å². The van der Waals surface area contributed by atoms with Crippen molar-refractivity contribution in [2.45, 2.75) is 43.6 Å². The molecule has 0 saturated heterocycles. The maximum atomic E-state index is 11.1. The molecule has 0 heterocycles. The Hall–Kier alpha value is 4.95. The fourth-order valence-corrected chi connectivity index (χ4v) is 12.0. The normalized spacial score (nSPS) is 19.4. The van der Waals surface area contributed by atoms with Crippen LogP contribution in [0.3, 0.4) is 0 Å². The van der Waals surface area contributed by atoms with Crippen molar-refractivity contribution in [3.05, 3.63) is 0 Å². The Morgan fingerprint density at radius 3 is 1.05 bits per heavy atom. The molecule has 0 fully saturated rings. The molecule has 0 rings (SSSR count). The minimum atomic E-state index is -4.80. The summed E-state index contributed by atoms with van der Waals surface area (Å²) in [6.07, 6.45) is -3.01. The van der Waals surface area contributed by atoms with Gasteiger partial charge in [-0.05, 0) is 25.9 Å². The average molecular weight is 679 g/mol. The molecule has 0 aliphatic carbocycles. The van der Waals surface area contributed by atoms with Crippen LogP contribution in [0, 0.1) is 0 Å². The molecule has 3 radical (unpaired) electrons. The molecular weight excluding hydrogens is 648 g/mol. The second kappa shape index (κ2) is 23.3. The predicted octanol–water partition coefficient (Wildman–Crippen LogP) is -13.9. The standard InChI is InChI=1S/C13H35N2O12P4Si2.4Na/c1-33(9-6-32,7-2-4-14(10-28(16,17)18)11-29(19,20)21)8-3-5-15(12-30(22,23)24)13-31(25,26)27;;;;/h2-13H2,1H3,(H2,16,17,18)(H2,19,20,21)(H2,22,23,24)(H2,25,26,27);;;;/q;4*+1/p-4. The van der Waals surface area contributed by atoms with E-state index in [0.717, 1.165) is 15.8 Å². The molecule has 37 heavy (non-hydrogen) atoms. The summed E-state index contributed by atoms with van der Waals surface area (Å²) in [5.41, 5.74) is 0. The van der Waals surface area contributed by atoms with Gasteiger partial charge in [0.15, 0.2) is 0 Å². The minimum Gasteiger partial charge on any atom is -0.778 e. The van der Waals surface area contributed by atoms with Gasteiger partial charge < -0.3 is 57.4 Å². The first-order valence-corrected chi connectivity index (χ1v) is 20.7. The first-order valence-electron chi connectivity index (χ1n) is 9.84. The van der Waals surface area contributed by atoms with E-state index in [4.69, 9.17) is 19.6 Å². The maximum Gasteiger partial charge on any atom is 1.00 e. The van der Waals surface area contributed by atoms with Gasteiger partial charge in [-0.25, -0.2) is 0 Å². The molecule has 4 unspecified atom stereocenters. The van der Waals surface area contributed by atoms with Crippen LogP contribution in [0.5, 0.6) is 0 Å². The third kappa shape index (κ3) is 33.7. The molecule has 0 bridgehead atoms. The van der Waals surface area contributed by atoms with E-state index >= 15 is 0 Å². The Bertz CT molecular complexity index is 694. The molecule has 0 aromatic heterocycles. The summed E-state index contributed by atoms with van der Waals surface area (Å²) in [5.74, 6) is 0. The summed E-state index contributed by atoms with van der Waals surface area (Å²) in [4.78, 5) is 82.5. The second-order valence-electron chi connectivity index (χ2n) is 8.42. The molecule has 0 aromatic carbocycles. The molecule has 0 aromatic rings. The van der Waals surface area contributed by atoms with Crippen molar-refractivity contribution < 1.29 is 176 Å². The third-order valence-electron chi connectivity index (χ3n) is 4.75. The van der Waals surface area contributed by atoms with Crippen LogP contribution in [0.15, 0.2) is 0 Å². The van der Waals surface area contributed by atoms with Crippen LogP contribution in [0.4, 0.5) is 0 Å². The quantitative estimate of drug-likeness (QED) is 0.0776. The monoisotopic (exact) mass is 679 g/mol. The van der Waals surface area contributed by atoms with E-state index in [1.807, 2.05) is 6.55 Å².